The number of thioether (sulfide) groups is 1. The lowest BCUT2D eigenvalue weighted by molar-refractivity contribution is -0.118. The highest BCUT2D eigenvalue weighted by Crippen LogP contribution is 2.33. The fourth-order valence-electron chi connectivity index (χ4n) is 1.69. The smallest absolute Gasteiger partial charge is 0.241 e. The van der Waals surface area contributed by atoms with Gasteiger partial charge in [0.05, 0.1) is 17.5 Å². The molecule has 1 aromatic carbocycles. The van der Waals surface area contributed by atoms with Crippen molar-refractivity contribution in [2.75, 3.05) is 16.4 Å². The van der Waals surface area contributed by atoms with Gasteiger partial charge < -0.3 is 16.4 Å². The van der Waals surface area contributed by atoms with Gasteiger partial charge >= 0.3 is 0 Å². The molecule has 1 aliphatic heterocycles. The molecule has 0 spiro atoms. The molecule has 0 saturated carbocycles. The molecular formula is C13H17N3O2S. The molecule has 1 aromatic rings. The molecule has 1 heterocycles. The molecule has 2 rings (SSSR count). The summed E-state index contributed by atoms with van der Waals surface area (Å²) in [6.07, 6.45) is 0. The molecule has 102 valence electrons. The van der Waals surface area contributed by atoms with Crippen molar-refractivity contribution in [2.45, 2.75) is 24.8 Å². The Morgan fingerprint density at radius 1 is 1.47 bits per heavy atom. The van der Waals surface area contributed by atoms with Crippen LogP contribution < -0.4 is 16.4 Å². The molecule has 0 unspecified atom stereocenters. The van der Waals surface area contributed by atoms with Crippen molar-refractivity contribution in [2.24, 2.45) is 11.7 Å². The van der Waals surface area contributed by atoms with Crippen LogP contribution in [0.3, 0.4) is 0 Å². The van der Waals surface area contributed by atoms with Gasteiger partial charge in [-0.25, -0.2) is 0 Å². The van der Waals surface area contributed by atoms with Crippen molar-refractivity contribution in [3.8, 4) is 0 Å². The number of nitrogens with one attached hydrogen (secondary N) is 2. The number of fused-ring (bicyclic) bond motifs is 1. The molecule has 6 heteroatoms. The van der Waals surface area contributed by atoms with Crippen LogP contribution in [-0.4, -0.2) is 23.6 Å². The first-order valence-electron chi connectivity index (χ1n) is 6.10. The molecule has 2 amide bonds. The van der Waals surface area contributed by atoms with Gasteiger partial charge in [-0.2, -0.15) is 0 Å². The van der Waals surface area contributed by atoms with E-state index in [2.05, 4.69) is 10.6 Å². The molecule has 0 fully saturated rings. The third-order valence-corrected chi connectivity index (χ3v) is 3.97. The number of carbonyl (C=O) groups excluding carboxylic acids is 2. The van der Waals surface area contributed by atoms with E-state index in [9.17, 15) is 9.59 Å². The van der Waals surface area contributed by atoms with Gasteiger partial charge in [-0.15, -0.1) is 11.8 Å². The van der Waals surface area contributed by atoms with Crippen molar-refractivity contribution in [3.63, 3.8) is 0 Å². The summed E-state index contributed by atoms with van der Waals surface area (Å²) in [4.78, 5) is 24.2. The molecule has 0 aliphatic carbocycles. The topological polar surface area (TPSA) is 84.2 Å². The Morgan fingerprint density at radius 3 is 2.89 bits per heavy atom. The van der Waals surface area contributed by atoms with Gasteiger partial charge in [-0.1, -0.05) is 13.8 Å². The highest BCUT2D eigenvalue weighted by molar-refractivity contribution is 8.00. The van der Waals surface area contributed by atoms with Crippen LogP contribution >= 0.6 is 11.8 Å². The third kappa shape index (κ3) is 3.27. The highest BCUT2D eigenvalue weighted by atomic mass is 32.2. The van der Waals surface area contributed by atoms with Gasteiger partial charge in [0.2, 0.25) is 11.8 Å². The number of rotatable bonds is 3. The first kappa shape index (κ1) is 13.9. The van der Waals surface area contributed by atoms with Gasteiger partial charge in [0, 0.05) is 10.6 Å². The molecule has 5 nitrogen and oxygen atoms in total. The second-order valence-electron chi connectivity index (χ2n) is 4.81. The summed E-state index contributed by atoms with van der Waals surface area (Å²) < 4.78 is 0. The lowest BCUT2D eigenvalue weighted by Crippen LogP contribution is -2.39. The zero-order valence-corrected chi connectivity index (χ0v) is 11.7. The van der Waals surface area contributed by atoms with Gasteiger partial charge in [0.25, 0.3) is 0 Å². The first-order chi connectivity index (χ1) is 8.97. The van der Waals surface area contributed by atoms with Crippen molar-refractivity contribution in [1.82, 2.24) is 0 Å². The van der Waals surface area contributed by atoms with E-state index in [4.69, 9.17) is 5.73 Å². The molecule has 4 N–H and O–H groups in total. The monoisotopic (exact) mass is 279 g/mol. The number of nitrogens with two attached hydrogens (primary N) is 1. The van der Waals surface area contributed by atoms with E-state index in [0.29, 0.717) is 11.4 Å². The maximum atomic E-state index is 11.9. The summed E-state index contributed by atoms with van der Waals surface area (Å²) in [5.74, 6) is 0.259. The van der Waals surface area contributed by atoms with Gasteiger partial charge in [-0.05, 0) is 24.1 Å². The molecule has 1 atom stereocenters. The summed E-state index contributed by atoms with van der Waals surface area (Å²) in [6.45, 7) is 3.79. The lowest BCUT2D eigenvalue weighted by atomic mass is 10.0. The third-order valence-electron chi connectivity index (χ3n) is 2.90. The lowest BCUT2D eigenvalue weighted by Gasteiger charge is -2.19. The van der Waals surface area contributed by atoms with Gasteiger partial charge in [0.1, 0.15) is 0 Å². The minimum atomic E-state index is -0.542. The minimum Gasteiger partial charge on any atom is -0.325 e. The van der Waals surface area contributed by atoms with Crippen molar-refractivity contribution in [3.05, 3.63) is 18.2 Å². The molecule has 19 heavy (non-hydrogen) atoms. The van der Waals surface area contributed by atoms with E-state index >= 15 is 0 Å². The summed E-state index contributed by atoms with van der Waals surface area (Å²) in [5, 5.41) is 5.55. The van der Waals surface area contributed by atoms with Crippen molar-refractivity contribution >= 4 is 35.0 Å². The number of carbonyl (C=O) groups is 2. The zero-order valence-electron chi connectivity index (χ0n) is 10.9. The standard InChI is InChI=1S/C13H17N3O2S/c1-7(2)12(14)13(18)15-8-3-4-10-9(5-8)16-11(17)6-19-10/h3-5,7,12H,6,14H2,1-2H3,(H,15,18)(H,16,17)/t12-/m1/s1. The Bertz CT molecular complexity index is 517. The highest BCUT2D eigenvalue weighted by Gasteiger charge is 2.19. The summed E-state index contributed by atoms with van der Waals surface area (Å²) >= 11 is 1.49. The molecular weight excluding hydrogens is 262 g/mol. The largest absolute Gasteiger partial charge is 0.325 e. The molecule has 0 aromatic heterocycles. The van der Waals surface area contributed by atoms with E-state index in [-0.39, 0.29) is 17.7 Å². The van der Waals surface area contributed by atoms with Crippen LogP contribution in [0.1, 0.15) is 13.8 Å². The Labute approximate surface area is 116 Å². The number of hydrogen-bond acceptors (Lipinski definition) is 4. The minimum absolute atomic E-state index is 0.0279. The summed E-state index contributed by atoms with van der Waals surface area (Å²) in [6, 6.07) is 4.91. The van der Waals surface area contributed by atoms with Gasteiger partial charge in [0.15, 0.2) is 0 Å². The Balaban J connectivity index is 2.12. The molecule has 0 radical (unpaired) electrons. The van der Waals surface area contributed by atoms with Crippen LogP contribution in [0.2, 0.25) is 0 Å². The van der Waals surface area contributed by atoms with E-state index < -0.39 is 6.04 Å². The van der Waals surface area contributed by atoms with Crippen LogP contribution in [0.15, 0.2) is 23.1 Å². The normalized spacial score (nSPS) is 15.7. The van der Waals surface area contributed by atoms with Crippen molar-refractivity contribution < 1.29 is 9.59 Å². The number of anilines is 2. The van der Waals surface area contributed by atoms with Crippen LogP contribution in [0.5, 0.6) is 0 Å². The predicted molar refractivity (Wildman–Crippen MR) is 77.2 cm³/mol. The molecule has 0 bridgehead atoms. The van der Waals surface area contributed by atoms with Gasteiger partial charge in [-0.3, -0.25) is 9.59 Å². The van der Waals surface area contributed by atoms with Crippen molar-refractivity contribution in [1.29, 1.82) is 0 Å². The Morgan fingerprint density at radius 2 is 2.21 bits per heavy atom. The van der Waals surface area contributed by atoms with Crippen LogP contribution in [0.4, 0.5) is 11.4 Å². The number of amides is 2. The Hall–Kier alpha value is -1.53. The fourth-order valence-corrected chi connectivity index (χ4v) is 2.48. The second-order valence-corrected chi connectivity index (χ2v) is 5.82. The maximum Gasteiger partial charge on any atom is 0.241 e. The quantitative estimate of drug-likeness (QED) is 0.785. The second kappa shape index (κ2) is 5.63. The molecule has 1 aliphatic rings. The van der Waals surface area contributed by atoms with E-state index in [0.717, 1.165) is 10.6 Å². The van der Waals surface area contributed by atoms with Crippen LogP contribution in [0, 0.1) is 5.92 Å². The van der Waals surface area contributed by atoms with E-state index in [1.807, 2.05) is 26.0 Å². The van der Waals surface area contributed by atoms with Crippen LogP contribution in [-0.2, 0) is 9.59 Å². The number of hydrogen-bond donors (Lipinski definition) is 3. The fraction of sp³-hybridized carbons (Fsp3) is 0.385. The van der Waals surface area contributed by atoms with Crippen LogP contribution in [0.25, 0.3) is 0 Å². The average molecular weight is 279 g/mol. The predicted octanol–water partition coefficient (Wildman–Crippen LogP) is 1.65. The Kier molecular flexibility index (Phi) is 4.11. The number of benzene rings is 1. The zero-order chi connectivity index (χ0) is 14.0. The summed E-state index contributed by atoms with van der Waals surface area (Å²) in [7, 11) is 0. The first-order valence-corrected chi connectivity index (χ1v) is 7.09. The molecule has 0 saturated heterocycles. The van der Waals surface area contributed by atoms with E-state index in [1.165, 1.54) is 11.8 Å². The summed E-state index contributed by atoms with van der Waals surface area (Å²) in [5.41, 5.74) is 7.16. The average Bonchev–Trinajstić information content (AvgIpc) is 2.37. The maximum absolute atomic E-state index is 11.9. The van der Waals surface area contributed by atoms with E-state index in [1.54, 1.807) is 6.07 Å². The SMILES string of the molecule is CC(C)[C@@H](N)C(=O)Nc1ccc2c(c1)NC(=O)CS2.